The average Bonchev–Trinajstić information content (AvgIpc) is 3.55. The zero-order valence-electron chi connectivity index (χ0n) is 22.5. The molecule has 2 aromatic carbocycles. The number of hydrogen-bond acceptors (Lipinski definition) is 5. The van der Waals surface area contributed by atoms with Crippen LogP contribution in [-0.2, 0) is 17.9 Å². The quantitative estimate of drug-likeness (QED) is 0.160. The molecular formula is C29H26ClF4IrN6. The SMILES string of the molecule is CN(C)c1ccnc(-c2[c-]cc(F)cc2F)c1.CN(C)c1ccnc(-c2[c-]cc(F)cc2F)c1.[Cl][Ir+2].c1cn[nH]c1. The number of benzene rings is 2. The first kappa shape index (κ1) is 33.4. The number of anilines is 2. The number of aromatic nitrogens is 4. The second-order valence-corrected chi connectivity index (χ2v) is 8.44. The number of nitrogens with one attached hydrogen (secondary N) is 1. The molecule has 0 bridgehead atoms. The van der Waals surface area contributed by atoms with E-state index in [1.807, 2.05) is 56.2 Å². The molecule has 0 aliphatic carbocycles. The second-order valence-electron chi connectivity index (χ2n) is 8.44. The van der Waals surface area contributed by atoms with Crippen molar-refractivity contribution in [2.45, 2.75) is 0 Å². The largest absolute Gasteiger partial charge is 0.286 e. The molecule has 0 fully saturated rings. The minimum atomic E-state index is -0.659. The van der Waals surface area contributed by atoms with Crippen LogP contribution in [0.4, 0.5) is 28.9 Å². The molecule has 5 rings (SSSR count). The van der Waals surface area contributed by atoms with Gasteiger partial charge in [0.1, 0.15) is 0 Å². The van der Waals surface area contributed by atoms with Crippen LogP contribution < -0.4 is 9.80 Å². The van der Waals surface area contributed by atoms with Gasteiger partial charge in [0.2, 0.25) is 0 Å². The van der Waals surface area contributed by atoms with Gasteiger partial charge in [-0.25, -0.2) is 0 Å². The smallest absolute Gasteiger partial charge is 0.0487 e. The molecular weight excluding hydrogens is 736 g/mol. The van der Waals surface area contributed by atoms with Crippen molar-refractivity contribution < 1.29 is 35.5 Å². The van der Waals surface area contributed by atoms with Gasteiger partial charge in [0.05, 0.1) is 0 Å². The summed E-state index contributed by atoms with van der Waals surface area (Å²) < 4.78 is 52.6. The van der Waals surface area contributed by atoms with Crippen LogP contribution >= 0.6 is 9.58 Å². The van der Waals surface area contributed by atoms with Crippen molar-refractivity contribution in [1.29, 1.82) is 0 Å². The molecule has 0 spiro atoms. The van der Waals surface area contributed by atoms with Crippen molar-refractivity contribution in [3.63, 3.8) is 0 Å². The van der Waals surface area contributed by atoms with E-state index < -0.39 is 23.3 Å². The number of aromatic amines is 1. The van der Waals surface area contributed by atoms with Gasteiger partial charge < -0.3 is 19.8 Å². The molecule has 216 valence electrons. The summed E-state index contributed by atoms with van der Waals surface area (Å²) in [4.78, 5) is 11.9. The summed E-state index contributed by atoms with van der Waals surface area (Å²) >= 11 is 1.47. The third kappa shape index (κ3) is 10.6. The predicted molar refractivity (Wildman–Crippen MR) is 150 cm³/mol. The average molecular weight is 762 g/mol. The molecule has 6 nitrogen and oxygen atoms in total. The number of nitrogens with zero attached hydrogens (tertiary/aromatic N) is 5. The Kier molecular flexibility index (Phi) is 14.0. The maximum absolute atomic E-state index is 13.5. The van der Waals surface area contributed by atoms with Crippen LogP contribution in [0.5, 0.6) is 0 Å². The molecule has 5 aromatic rings. The van der Waals surface area contributed by atoms with Crippen molar-refractivity contribution >= 4 is 21.0 Å². The zero-order chi connectivity index (χ0) is 30.4. The second kappa shape index (κ2) is 17.1. The number of rotatable bonds is 4. The number of hydrogen-bond donors (Lipinski definition) is 1. The van der Waals surface area contributed by atoms with Gasteiger partial charge in [-0.1, -0.05) is 35.4 Å². The summed E-state index contributed by atoms with van der Waals surface area (Å²) in [6.07, 6.45) is 6.63. The molecule has 0 saturated carbocycles. The summed E-state index contributed by atoms with van der Waals surface area (Å²) in [6.45, 7) is 0. The van der Waals surface area contributed by atoms with Gasteiger partial charge in [-0.15, -0.1) is 24.3 Å². The summed E-state index contributed by atoms with van der Waals surface area (Å²) in [5.74, 6) is -2.60. The van der Waals surface area contributed by atoms with E-state index in [4.69, 9.17) is 0 Å². The van der Waals surface area contributed by atoms with Crippen LogP contribution in [0.25, 0.3) is 22.5 Å². The fourth-order valence-corrected chi connectivity index (χ4v) is 3.17. The first-order valence-corrected chi connectivity index (χ1v) is 14.7. The van der Waals surface area contributed by atoms with Crippen molar-refractivity contribution in [3.05, 3.63) is 115 Å². The van der Waals surface area contributed by atoms with Crippen molar-refractivity contribution in [3.8, 4) is 22.5 Å². The molecule has 0 saturated heterocycles. The molecule has 41 heavy (non-hydrogen) atoms. The maximum Gasteiger partial charge on any atom is 0.0487 e. The van der Waals surface area contributed by atoms with Gasteiger partial charge in [0.25, 0.3) is 0 Å². The first-order chi connectivity index (χ1) is 19.7. The Hall–Kier alpha value is -3.79. The van der Waals surface area contributed by atoms with Crippen molar-refractivity contribution in [2.24, 2.45) is 0 Å². The standard InChI is InChI=1S/2C13H11F2N2.C3H4N2.ClH.Ir/c2*1-17(2)10-5-6-16-13(8-10)11-4-3-9(14)7-12(11)15;1-2-4-5-3-1;;/h2*3,5-8H,1-2H3;1-3H,(H,4,5);1H;/q2*-1;;;+3/p-1. The Labute approximate surface area is 251 Å². The monoisotopic (exact) mass is 762 g/mol. The van der Waals surface area contributed by atoms with E-state index in [1.54, 1.807) is 36.9 Å². The van der Waals surface area contributed by atoms with Crippen LogP contribution in [0.3, 0.4) is 0 Å². The fourth-order valence-electron chi connectivity index (χ4n) is 3.17. The Bertz CT molecular complexity index is 1370. The summed E-state index contributed by atoms with van der Waals surface area (Å²) in [6, 6.07) is 17.9. The Morgan fingerprint density at radius 2 is 1.15 bits per heavy atom. The number of pyridine rings is 2. The summed E-state index contributed by atoms with van der Waals surface area (Å²) in [5.41, 5.74) is 3.02. The van der Waals surface area contributed by atoms with Gasteiger partial charge in [0.15, 0.2) is 0 Å². The molecule has 0 aliphatic heterocycles. The van der Waals surface area contributed by atoms with Crippen LogP contribution in [0.2, 0.25) is 0 Å². The van der Waals surface area contributed by atoms with E-state index in [-0.39, 0.29) is 11.1 Å². The minimum absolute atomic E-state index is 0.176. The van der Waals surface area contributed by atoms with E-state index in [1.165, 1.54) is 17.9 Å². The van der Waals surface area contributed by atoms with Crippen LogP contribution in [-0.4, -0.2) is 48.4 Å². The van der Waals surface area contributed by atoms with E-state index in [9.17, 15) is 17.6 Å². The zero-order valence-corrected chi connectivity index (χ0v) is 25.6. The third-order valence-electron chi connectivity index (χ3n) is 5.15. The predicted octanol–water partition coefficient (Wildman–Crippen LogP) is 6.88. The maximum atomic E-state index is 13.5. The van der Waals surface area contributed by atoms with Gasteiger partial charge >= 0.3 is 27.5 Å². The fraction of sp³-hybridized carbons (Fsp3) is 0.138. The van der Waals surface area contributed by atoms with E-state index >= 15 is 0 Å². The Morgan fingerprint density at radius 1 is 0.707 bits per heavy atom. The van der Waals surface area contributed by atoms with E-state index in [2.05, 4.69) is 41.9 Å². The summed E-state index contributed by atoms with van der Waals surface area (Å²) in [5, 5.41) is 6.21. The third-order valence-corrected chi connectivity index (χ3v) is 5.15. The van der Waals surface area contributed by atoms with Gasteiger partial charge in [-0.2, -0.15) is 5.10 Å². The molecule has 0 aliphatic rings. The van der Waals surface area contributed by atoms with Crippen LogP contribution in [0.1, 0.15) is 0 Å². The molecule has 12 heteroatoms. The molecule has 1 N–H and O–H groups in total. The van der Waals surface area contributed by atoms with Gasteiger partial charge in [-0.3, -0.25) is 22.7 Å². The molecule has 0 atom stereocenters. The Balaban J connectivity index is 0.000000233. The van der Waals surface area contributed by atoms with Gasteiger partial charge in [-0.05, 0) is 29.6 Å². The topological polar surface area (TPSA) is 60.9 Å². The normalized spacial score (nSPS) is 9.71. The van der Waals surface area contributed by atoms with E-state index in [0.29, 0.717) is 11.4 Å². The first-order valence-electron chi connectivity index (χ1n) is 11.7. The summed E-state index contributed by atoms with van der Waals surface area (Å²) in [7, 11) is 12.2. The molecule has 3 aromatic heterocycles. The molecule has 3 heterocycles. The van der Waals surface area contributed by atoms with Crippen LogP contribution in [0.15, 0.2) is 79.4 Å². The molecule has 0 amide bonds. The number of halogens is 5. The number of H-pyrrole nitrogens is 1. The van der Waals surface area contributed by atoms with Gasteiger partial charge in [0, 0.05) is 87.6 Å². The van der Waals surface area contributed by atoms with Crippen molar-refractivity contribution in [2.75, 3.05) is 38.0 Å². The van der Waals surface area contributed by atoms with E-state index in [0.717, 1.165) is 35.6 Å². The molecule has 0 radical (unpaired) electrons. The Morgan fingerprint density at radius 3 is 1.44 bits per heavy atom. The minimum Gasteiger partial charge on any atom is -0.286 e. The molecule has 0 unspecified atom stereocenters. The van der Waals surface area contributed by atoms with Crippen LogP contribution in [0, 0.1) is 35.4 Å². The van der Waals surface area contributed by atoms with Crippen molar-refractivity contribution in [1.82, 2.24) is 20.2 Å².